The molecule has 1 N–H and O–H groups in total. The van der Waals surface area contributed by atoms with Gasteiger partial charge in [0.2, 0.25) is 0 Å². The highest BCUT2D eigenvalue weighted by molar-refractivity contribution is 6.30. The van der Waals surface area contributed by atoms with Crippen LogP contribution in [0.3, 0.4) is 0 Å². The number of nitrogens with one attached hydrogen (secondary N) is 1. The highest BCUT2D eigenvalue weighted by atomic mass is 35.5. The van der Waals surface area contributed by atoms with Crippen LogP contribution in [-0.2, 0) is 4.79 Å². The zero-order valence-electron chi connectivity index (χ0n) is 16.3. The Bertz CT molecular complexity index is 1140. The number of hydrogen-bond donors (Lipinski definition) is 1. The van der Waals surface area contributed by atoms with Crippen LogP contribution in [0.25, 0.3) is 11.8 Å². The molecule has 0 aliphatic rings. The number of nitriles is 1. The lowest BCUT2D eigenvalue weighted by molar-refractivity contribution is -0.112. The predicted octanol–water partition coefficient (Wildman–Crippen LogP) is 3.77. The zero-order valence-corrected chi connectivity index (χ0v) is 17.1. The van der Waals surface area contributed by atoms with Crippen molar-refractivity contribution in [2.45, 2.75) is 0 Å². The number of carbonyl (C=O) groups is 2. The van der Waals surface area contributed by atoms with Gasteiger partial charge in [0.1, 0.15) is 11.6 Å². The Morgan fingerprint density at radius 2 is 1.80 bits per heavy atom. The monoisotopic (exact) mass is 419 g/mol. The molecule has 2 amide bonds. The van der Waals surface area contributed by atoms with Crippen LogP contribution in [0.5, 0.6) is 0 Å². The molecule has 1 aromatic heterocycles. The average molecular weight is 420 g/mol. The minimum atomic E-state index is -0.552. The summed E-state index contributed by atoms with van der Waals surface area (Å²) < 4.78 is 1.62. The minimum absolute atomic E-state index is 0.0703. The number of benzene rings is 2. The van der Waals surface area contributed by atoms with E-state index in [0.29, 0.717) is 21.8 Å². The van der Waals surface area contributed by atoms with Crippen molar-refractivity contribution in [2.75, 3.05) is 19.4 Å². The van der Waals surface area contributed by atoms with E-state index in [4.69, 9.17) is 11.6 Å². The van der Waals surface area contributed by atoms with E-state index in [-0.39, 0.29) is 11.5 Å². The minimum Gasteiger partial charge on any atom is -0.345 e. The number of aromatic nitrogens is 2. The summed E-state index contributed by atoms with van der Waals surface area (Å²) in [5.41, 5.74) is 2.31. The standard InChI is InChI=1S/C22H18ClN5O2/c1-27(2)22(30)16-3-7-19(8-4-16)26-21(29)17(12-24)11-15-13-25-28(14-15)20-9-5-18(23)6-10-20/h3-11,13-14H,1-2H3,(H,26,29)/b17-11+. The maximum absolute atomic E-state index is 12.5. The molecule has 0 bridgehead atoms. The molecular formula is C22H18ClN5O2. The van der Waals surface area contributed by atoms with Gasteiger partial charge in [-0.25, -0.2) is 4.68 Å². The third-order valence-corrected chi connectivity index (χ3v) is 4.42. The van der Waals surface area contributed by atoms with E-state index in [1.165, 1.54) is 11.0 Å². The second kappa shape index (κ2) is 9.07. The molecule has 30 heavy (non-hydrogen) atoms. The Morgan fingerprint density at radius 3 is 2.40 bits per heavy atom. The lowest BCUT2D eigenvalue weighted by Gasteiger charge is -2.10. The molecule has 3 rings (SSSR count). The third kappa shape index (κ3) is 4.93. The summed E-state index contributed by atoms with van der Waals surface area (Å²) in [5.74, 6) is -0.688. The van der Waals surface area contributed by atoms with E-state index in [1.807, 2.05) is 18.2 Å². The van der Waals surface area contributed by atoms with E-state index < -0.39 is 5.91 Å². The molecule has 0 saturated carbocycles. The van der Waals surface area contributed by atoms with Crippen molar-refractivity contribution in [2.24, 2.45) is 0 Å². The van der Waals surface area contributed by atoms with Gasteiger partial charge < -0.3 is 10.2 Å². The van der Waals surface area contributed by atoms with Gasteiger partial charge in [-0.3, -0.25) is 9.59 Å². The second-order valence-corrected chi connectivity index (χ2v) is 7.03. The van der Waals surface area contributed by atoms with Crippen molar-refractivity contribution in [3.8, 4) is 11.8 Å². The lowest BCUT2D eigenvalue weighted by atomic mass is 10.1. The van der Waals surface area contributed by atoms with Gasteiger partial charge >= 0.3 is 0 Å². The van der Waals surface area contributed by atoms with Gasteiger partial charge in [-0.2, -0.15) is 10.4 Å². The molecule has 0 atom stereocenters. The molecule has 3 aromatic rings. The van der Waals surface area contributed by atoms with Gasteiger partial charge in [-0.15, -0.1) is 0 Å². The van der Waals surface area contributed by atoms with Crippen molar-refractivity contribution >= 4 is 35.2 Å². The van der Waals surface area contributed by atoms with Crippen LogP contribution < -0.4 is 5.32 Å². The molecule has 8 heteroatoms. The van der Waals surface area contributed by atoms with Crippen LogP contribution >= 0.6 is 11.6 Å². The fourth-order valence-corrected chi connectivity index (χ4v) is 2.74. The van der Waals surface area contributed by atoms with Gasteiger partial charge in [0.25, 0.3) is 11.8 Å². The van der Waals surface area contributed by atoms with Crippen LogP contribution in [-0.4, -0.2) is 40.6 Å². The molecule has 0 fully saturated rings. The number of carbonyl (C=O) groups excluding carboxylic acids is 2. The quantitative estimate of drug-likeness (QED) is 0.503. The summed E-state index contributed by atoms with van der Waals surface area (Å²) in [6.45, 7) is 0. The number of rotatable bonds is 5. The van der Waals surface area contributed by atoms with E-state index >= 15 is 0 Å². The Morgan fingerprint density at radius 1 is 1.13 bits per heavy atom. The Kier molecular flexibility index (Phi) is 6.30. The fraction of sp³-hybridized carbons (Fsp3) is 0.0909. The first kappa shape index (κ1) is 20.8. The molecule has 0 aliphatic heterocycles. The van der Waals surface area contributed by atoms with Crippen LogP contribution in [0, 0.1) is 11.3 Å². The summed E-state index contributed by atoms with van der Waals surface area (Å²) >= 11 is 5.89. The first-order valence-corrected chi connectivity index (χ1v) is 9.30. The van der Waals surface area contributed by atoms with E-state index in [1.54, 1.807) is 67.6 Å². The molecule has 150 valence electrons. The van der Waals surface area contributed by atoms with Crippen LogP contribution in [0.15, 0.2) is 66.5 Å². The molecule has 0 unspecified atom stereocenters. The fourth-order valence-electron chi connectivity index (χ4n) is 2.61. The van der Waals surface area contributed by atoms with Gasteiger partial charge in [0.05, 0.1) is 11.9 Å². The van der Waals surface area contributed by atoms with Gasteiger partial charge in [0.15, 0.2) is 0 Å². The van der Waals surface area contributed by atoms with E-state index in [9.17, 15) is 14.9 Å². The first-order chi connectivity index (χ1) is 14.4. The number of amides is 2. The van der Waals surface area contributed by atoms with Gasteiger partial charge in [0, 0.05) is 42.1 Å². The zero-order chi connectivity index (χ0) is 21.7. The maximum atomic E-state index is 12.5. The van der Waals surface area contributed by atoms with Crippen molar-refractivity contribution in [1.82, 2.24) is 14.7 Å². The molecule has 7 nitrogen and oxygen atoms in total. The molecule has 1 heterocycles. The third-order valence-electron chi connectivity index (χ3n) is 4.17. The van der Waals surface area contributed by atoms with Crippen molar-refractivity contribution in [1.29, 1.82) is 5.26 Å². The maximum Gasteiger partial charge on any atom is 0.266 e. The summed E-state index contributed by atoms with van der Waals surface area (Å²) in [5, 5.41) is 16.9. The second-order valence-electron chi connectivity index (χ2n) is 6.60. The van der Waals surface area contributed by atoms with E-state index in [2.05, 4.69) is 10.4 Å². The van der Waals surface area contributed by atoms with Crippen molar-refractivity contribution < 1.29 is 9.59 Å². The lowest BCUT2D eigenvalue weighted by Crippen LogP contribution is -2.21. The summed E-state index contributed by atoms with van der Waals surface area (Å²) in [4.78, 5) is 25.9. The van der Waals surface area contributed by atoms with Crippen LogP contribution in [0.1, 0.15) is 15.9 Å². The van der Waals surface area contributed by atoms with Gasteiger partial charge in [-0.05, 0) is 54.6 Å². The molecule has 0 saturated heterocycles. The topological polar surface area (TPSA) is 91.0 Å². The van der Waals surface area contributed by atoms with Crippen molar-refractivity contribution in [3.05, 3.63) is 82.6 Å². The Labute approximate surface area is 178 Å². The highest BCUT2D eigenvalue weighted by Crippen LogP contribution is 2.16. The molecule has 2 aromatic carbocycles. The summed E-state index contributed by atoms with van der Waals surface area (Å²) in [6.07, 6.45) is 4.72. The summed E-state index contributed by atoms with van der Waals surface area (Å²) in [6, 6.07) is 15.5. The largest absolute Gasteiger partial charge is 0.345 e. The Hall–Kier alpha value is -3.89. The SMILES string of the molecule is CN(C)C(=O)c1ccc(NC(=O)/C(C#N)=C/c2cnn(-c3ccc(Cl)cc3)c2)cc1. The highest BCUT2D eigenvalue weighted by Gasteiger charge is 2.12. The molecule has 0 spiro atoms. The molecular weight excluding hydrogens is 402 g/mol. The number of hydrogen-bond acceptors (Lipinski definition) is 4. The first-order valence-electron chi connectivity index (χ1n) is 8.93. The predicted molar refractivity (Wildman–Crippen MR) is 115 cm³/mol. The molecule has 0 radical (unpaired) electrons. The number of nitrogens with zero attached hydrogens (tertiary/aromatic N) is 4. The number of anilines is 1. The van der Waals surface area contributed by atoms with E-state index in [0.717, 1.165) is 5.69 Å². The summed E-state index contributed by atoms with van der Waals surface area (Å²) in [7, 11) is 3.33. The average Bonchev–Trinajstić information content (AvgIpc) is 3.21. The van der Waals surface area contributed by atoms with Gasteiger partial charge in [-0.1, -0.05) is 11.6 Å². The van der Waals surface area contributed by atoms with Crippen molar-refractivity contribution in [3.63, 3.8) is 0 Å². The Balaban J connectivity index is 1.73. The van der Waals surface area contributed by atoms with Crippen LogP contribution in [0.2, 0.25) is 5.02 Å². The number of halogens is 1. The van der Waals surface area contributed by atoms with Crippen LogP contribution in [0.4, 0.5) is 5.69 Å². The smallest absolute Gasteiger partial charge is 0.266 e. The normalized spacial score (nSPS) is 10.9. The molecule has 0 aliphatic carbocycles.